The highest BCUT2D eigenvalue weighted by molar-refractivity contribution is 5.95. The Morgan fingerprint density at radius 3 is 2.03 bits per heavy atom. The van der Waals surface area contributed by atoms with Gasteiger partial charge in [-0.2, -0.15) is 0 Å². The van der Waals surface area contributed by atoms with Crippen LogP contribution in [0.2, 0.25) is 0 Å². The number of ether oxygens (including phenoxy) is 1. The standard InChI is InChI=1S/C32H29NO4/c34-31(35)20-23-10-18-30(19-11-23)37-22-28-9-5-4-8-27(28)21-33(29-16-17-29)32(36)26-14-12-25(13-15-26)24-6-2-1-3-7-24/h1-15,18-19,29H,16-17,20-22H2,(H,34,35). The van der Waals surface area contributed by atoms with E-state index in [0.29, 0.717) is 24.5 Å². The first-order valence-corrected chi connectivity index (χ1v) is 12.5. The van der Waals surface area contributed by atoms with E-state index in [2.05, 4.69) is 18.2 Å². The Bertz CT molecular complexity index is 1360. The van der Waals surface area contributed by atoms with Gasteiger partial charge in [0.2, 0.25) is 0 Å². The molecule has 0 spiro atoms. The third-order valence-corrected chi connectivity index (χ3v) is 6.62. The summed E-state index contributed by atoms with van der Waals surface area (Å²) in [5.74, 6) is -0.131. The number of amides is 1. The maximum atomic E-state index is 13.5. The molecular weight excluding hydrogens is 462 g/mol. The van der Waals surface area contributed by atoms with Crippen LogP contribution in [0.5, 0.6) is 5.75 Å². The van der Waals surface area contributed by atoms with Gasteiger partial charge in [0, 0.05) is 18.2 Å². The van der Waals surface area contributed by atoms with Crippen LogP contribution in [-0.4, -0.2) is 27.9 Å². The van der Waals surface area contributed by atoms with Crippen molar-refractivity contribution in [3.63, 3.8) is 0 Å². The minimum Gasteiger partial charge on any atom is -0.489 e. The molecular formula is C32H29NO4. The van der Waals surface area contributed by atoms with Crippen molar-refractivity contribution in [2.24, 2.45) is 0 Å². The summed E-state index contributed by atoms with van der Waals surface area (Å²) in [7, 11) is 0. The zero-order valence-corrected chi connectivity index (χ0v) is 20.5. The molecule has 1 aliphatic carbocycles. The lowest BCUT2D eigenvalue weighted by molar-refractivity contribution is -0.136. The molecule has 4 aromatic rings. The first-order chi connectivity index (χ1) is 18.1. The lowest BCUT2D eigenvalue weighted by Gasteiger charge is -2.24. The fraction of sp³-hybridized carbons (Fsp3) is 0.188. The van der Waals surface area contributed by atoms with Crippen molar-refractivity contribution in [1.82, 2.24) is 4.90 Å². The van der Waals surface area contributed by atoms with E-state index in [1.165, 1.54) is 0 Å². The van der Waals surface area contributed by atoms with Crippen molar-refractivity contribution < 1.29 is 19.4 Å². The normalized spacial score (nSPS) is 12.6. The van der Waals surface area contributed by atoms with Crippen LogP contribution in [0.15, 0.2) is 103 Å². The SMILES string of the molecule is O=C(O)Cc1ccc(OCc2ccccc2CN(C(=O)c2ccc(-c3ccccc3)cc2)C2CC2)cc1. The molecule has 5 heteroatoms. The van der Waals surface area contributed by atoms with Crippen molar-refractivity contribution in [3.8, 4) is 16.9 Å². The molecule has 0 radical (unpaired) electrons. The predicted octanol–water partition coefficient (Wildman–Crippen LogP) is 6.36. The van der Waals surface area contributed by atoms with Crippen LogP contribution in [0.3, 0.4) is 0 Å². The van der Waals surface area contributed by atoms with E-state index >= 15 is 0 Å². The molecule has 5 rings (SSSR count). The second-order valence-electron chi connectivity index (χ2n) is 9.38. The smallest absolute Gasteiger partial charge is 0.307 e. The Morgan fingerprint density at radius 2 is 1.38 bits per heavy atom. The predicted molar refractivity (Wildman–Crippen MR) is 143 cm³/mol. The van der Waals surface area contributed by atoms with E-state index < -0.39 is 5.97 Å². The van der Waals surface area contributed by atoms with Crippen LogP contribution in [0, 0.1) is 0 Å². The van der Waals surface area contributed by atoms with Crippen molar-refractivity contribution in [1.29, 1.82) is 0 Å². The second kappa shape index (κ2) is 11.1. The summed E-state index contributed by atoms with van der Waals surface area (Å²) in [5, 5.41) is 8.95. The van der Waals surface area contributed by atoms with E-state index in [-0.39, 0.29) is 18.4 Å². The zero-order valence-electron chi connectivity index (χ0n) is 20.5. The fourth-order valence-corrected chi connectivity index (χ4v) is 4.43. The van der Waals surface area contributed by atoms with Crippen molar-refractivity contribution in [2.45, 2.75) is 38.5 Å². The van der Waals surface area contributed by atoms with E-state index in [1.807, 2.05) is 65.6 Å². The van der Waals surface area contributed by atoms with Crippen molar-refractivity contribution in [3.05, 3.63) is 125 Å². The third-order valence-electron chi connectivity index (χ3n) is 6.62. The van der Waals surface area contributed by atoms with Gasteiger partial charge in [-0.1, -0.05) is 78.9 Å². The average Bonchev–Trinajstić information content (AvgIpc) is 3.77. The summed E-state index contributed by atoms with van der Waals surface area (Å²) in [6.45, 7) is 0.897. The Balaban J connectivity index is 1.28. The number of rotatable bonds is 10. The molecule has 0 atom stereocenters. The van der Waals surface area contributed by atoms with E-state index in [4.69, 9.17) is 9.84 Å². The maximum Gasteiger partial charge on any atom is 0.307 e. The molecule has 1 aliphatic rings. The molecule has 37 heavy (non-hydrogen) atoms. The molecule has 0 heterocycles. The highest BCUT2D eigenvalue weighted by atomic mass is 16.5. The van der Waals surface area contributed by atoms with Crippen LogP contribution in [0.25, 0.3) is 11.1 Å². The number of carbonyl (C=O) groups is 2. The molecule has 4 aromatic carbocycles. The fourth-order valence-electron chi connectivity index (χ4n) is 4.43. The van der Waals surface area contributed by atoms with Gasteiger partial charge < -0.3 is 14.7 Å². The number of hydrogen-bond acceptors (Lipinski definition) is 3. The van der Waals surface area contributed by atoms with Crippen LogP contribution in [0.1, 0.15) is 39.9 Å². The minimum atomic E-state index is -0.857. The Morgan fingerprint density at radius 1 is 0.757 bits per heavy atom. The number of carboxylic acids is 1. The lowest BCUT2D eigenvalue weighted by atomic mass is 10.0. The quantitative estimate of drug-likeness (QED) is 0.280. The van der Waals surface area contributed by atoms with E-state index in [1.54, 1.807) is 24.3 Å². The number of carbonyl (C=O) groups excluding carboxylic acids is 1. The van der Waals surface area contributed by atoms with Gasteiger partial charge in [0.1, 0.15) is 12.4 Å². The maximum absolute atomic E-state index is 13.5. The molecule has 5 nitrogen and oxygen atoms in total. The van der Waals surface area contributed by atoms with Crippen LogP contribution in [-0.2, 0) is 24.4 Å². The van der Waals surface area contributed by atoms with Crippen molar-refractivity contribution >= 4 is 11.9 Å². The topological polar surface area (TPSA) is 66.8 Å². The van der Waals surface area contributed by atoms with Gasteiger partial charge in [-0.25, -0.2) is 0 Å². The summed E-state index contributed by atoms with van der Waals surface area (Å²) >= 11 is 0. The average molecular weight is 492 g/mol. The number of aliphatic carboxylic acids is 1. The molecule has 1 N–H and O–H groups in total. The summed E-state index contributed by atoms with van der Waals surface area (Å²) in [6.07, 6.45) is 2.04. The number of benzene rings is 4. The van der Waals surface area contributed by atoms with Gasteiger partial charge in [0.05, 0.1) is 6.42 Å². The summed E-state index contributed by atoms with van der Waals surface area (Å²) < 4.78 is 6.00. The summed E-state index contributed by atoms with van der Waals surface area (Å²) in [6, 6.07) is 33.4. The molecule has 1 fully saturated rings. The molecule has 0 saturated heterocycles. The Kier molecular flexibility index (Phi) is 7.31. The van der Waals surface area contributed by atoms with Gasteiger partial charge >= 0.3 is 5.97 Å². The van der Waals surface area contributed by atoms with Crippen LogP contribution in [0.4, 0.5) is 0 Å². The van der Waals surface area contributed by atoms with Gasteiger partial charge in [-0.05, 0) is 64.9 Å². The molecule has 0 bridgehead atoms. The molecule has 186 valence electrons. The second-order valence-corrected chi connectivity index (χ2v) is 9.38. The largest absolute Gasteiger partial charge is 0.489 e. The molecule has 0 unspecified atom stereocenters. The number of hydrogen-bond donors (Lipinski definition) is 1. The zero-order chi connectivity index (χ0) is 25.6. The highest BCUT2D eigenvalue weighted by Gasteiger charge is 2.33. The highest BCUT2D eigenvalue weighted by Crippen LogP contribution is 2.31. The van der Waals surface area contributed by atoms with Gasteiger partial charge in [0.25, 0.3) is 5.91 Å². The lowest BCUT2D eigenvalue weighted by Crippen LogP contribution is -2.33. The number of carboxylic acid groups (broad SMARTS) is 1. The summed E-state index contributed by atoms with van der Waals surface area (Å²) in [4.78, 5) is 26.4. The molecule has 1 saturated carbocycles. The first kappa shape index (κ1) is 24.3. The minimum absolute atomic E-state index is 0.0108. The summed E-state index contributed by atoms with van der Waals surface area (Å²) in [5.41, 5.74) is 5.73. The Hall–Kier alpha value is -4.38. The third kappa shape index (κ3) is 6.25. The van der Waals surface area contributed by atoms with Crippen LogP contribution >= 0.6 is 0 Å². The van der Waals surface area contributed by atoms with Gasteiger partial charge in [-0.15, -0.1) is 0 Å². The Labute approximate surface area is 217 Å². The monoisotopic (exact) mass is 491 g/mol. The van der Waals surface area contributed by atoms with E-state index in [9.17, 15) is 9.59 Å². The first-order valence-electron chi connectivity index (χ1n) is 12.5. The van der Waals surface area contributed by atoms with Crippen molar-refractivity contribution in [2.75, 3.05) is 0 Å². The van der Waals surface area contributed by atoms with Gasteiger partial charge in [-0.3, -0.25) is 9.59 Å². The molecule has 1 amide bonds. The van der Waals surface area contributed by atoms with E-state index in [0.717, 1.165) is 40.7 Å². The van der Waals surface area contributed by atoms with Gasteiger partial charge in [0.15, 0.2) is 0 Å². The molecule has 0 aliphatic heterocycles. The molecule has 0 aromatic heterocycles. The number of nitrogens with zero attached hydrogens (tertiary/aromatic N) is 1. The van der Waals surface area contributed by atoms with Crippen LogP contribution < -0.4 is 4.74 Å².